The van der Waals surface area contributed by atoms with Crippen LogP contribution in [0.4, 0.5) is 5.69 Å². The second-order valence-corrected chi connectivity index (χ2v) is 9.83. The highest BCUT2D eigenvalue weighted by Gasteiger charge is 2.31. The molecule has 2 rings (SSSR count). The number of likely N-dealkylation sites (tertiary alicyclic amines) is 1. The van der Waals surface area contributed by atoms with Gasteiger partial charge in [-0.25, -0.2) is 8.42 Å². The number of nitrogens with one attached hydrogen (secondary N) is 1. The molecule has 5 nitrogen and oxygen atoms in total. The van der Waals surface area contributed by atoms with Crippen LogP contribution in [0.1, 0.15) is 24.8 Å². The van der Waals surface area contributed by atoms with Gasteiger partial charge in [-0.15, -0.1) is 0 Å². The maximum atomic E-state index is 11.4. The fourth-order valence-electron chi connectivity index (χ4n) is 2.63. The molecule has 1 aromatic rings. The van der Waals surface area contributed by atoms with Crippen molar-refractivity contribution >= 4 is 38.3 Å². The molecule has 1 fully saturated rings. The van der Waals surface area contributed by atoms with E-state index >= 15 is 0 Å². The van der Waals surface area contributed by atoms with Crippen molar-refractivity contribution in [2.75, 3.05) is 24.1 Å². The van der Waals surface area contributed by atoms with Crippen molar-refractivity contribution < 1.29 is 8.42 Å². The Morgan fingerprint density at radius 3 is 2.59 bits per heavy atom. The molecule has 0 aromatic heterocycles. The highest BCUT2D eigenvalue weighted by atomic mass is 127. The number of alkyl halides is 1. The Hall–Kier alpha value is -0.850. The Labute approximate surface area is 145 Å². The maximum absolute atomic E-state index is 11.4. The normalized spacial score (nSPS) is 18.6. The van der Waals surface area contributed by atoms with Gasteiger partial charge in [-0.1, -0.05) is 40.8 Å². The summed E-state index contributed by atoms with van der Waals surface area (Å²) in [6.07, 6.45) is 3.73. The van der Waals surface area contributed by atoms with Gasteiger partial charge in [0.25, 0.3) is 0 Å². The van der Waals surface area contributed by atoms with Crippen molar-refractivity contribution in [3.8, 4) is 6.07 Å². The molecule has 1 aromatic carbocycles. The van der Waals surface area contributed by atoms with Crippen LogP contribution < -0.4 is 4.72 Å². The Morgan fingerprint density at radius 1 is 1.36 bits per heavy atom. The summed E-state index contributed by atoms with van der Waals surface area (Å²) in [5.41, 5.74) is 1.63. The SMILES string of the molecule is CS(=O)(=O)Nc1ccccc1CN1CCC(I)(CC#N)CC1. The molecular weight excluding hydrogens is 413 g/mol. The molecule has 0 amide bonds. The number of halogens is 1. The number of rotatable bonds is 5. The highest BCUT2D eigenvalue weighted by molar-refractivity contribution is 14.1. The monoisotopic (exact) mass is 433 g/mol. The summed E-state index contributed by atoms with van der Waals surface area (Å²) in [6.45, 7) is 2.58. The lowest BCUT2D eigenvalue weighted by Gasteiger charge is -2.37. The molecule has 1 aliphatic heterocycles. The lowest BCUT2D eigenvalue weighted by Crippen LogP contribution is -2.40. The van der Waals surface area contributed by atoms with Gasteiger partial charge in [0.1, 0.15) is 0 Å². The van der Waals surface area contributed by atoms with E-state index in [9.17, 15) is 8.42 Å². The average Bonchev–Trinajstić information content (AvgIpc) is 2.42. The topological polar surface area (TPSA) is 73.2 Å². The first-order valence-corrected chi connectivity index (χ1v) is 10.1. The minimum Gasteiger partial charge on any atom is -0.299 e. The lowest BCUT2D eigenvalue weighted by atomic mass is 9.93. The highest BCUT2D eigenvalue weighted by Crippen LogP contribution is 2.35. The summed E-state index contributed by atoms with van der Waals surface area (Å²) in [5.74, 6) is 0. The number of hydrogen-bond acceptors (Lipinski definition) is 4. The predicted octanol–water partition coefficient (Wildman–Crippen LogP) is 2.74. The number of piperidine rings is 1. The summed E-state index contributed by atoms with van der Waals surface area (Å²) in [7, 11) is -3.27. The predicted molar refractivity (Wildman–Crippen MR) is 96.4 cm³/mol. The van der Waals surface area contributed by atoms with E-state index in [0.717, 1.165) is 44.3 Å². The van der Waals surface area contributed by atoms with E-state index < -0.39 is 10.0 Å². The molecule has 1 N–H and O–H groups in total. The molecule has 0 unspecified atom stereocenters. The first-order valence-electron chi connectivity index (χ1n) is 7.15. The third kappa shape index (κ3) is 5.11. The number of anilines is 1. The van der Waals surface area contributed by atoms with Crippen LogP contribution in [-0.4, -0.2) is 36.1 Å². The zero-order valence-corrected chi connectivity index (χ0v) is 15.5. The van der Waals surface area contributed by atoms with Crippen molar-refractivity contribution in [2.24, 2.45) is 0 Å². The van der Waals surface area contributed by atoms with Crippen molar-refractivity contribution in [2.45, 2.75) is 29.2 Å². The van der Waals surface area contributed by atoms with E-state index in [0.29, 0.717) is 12.1 Å². The van der Waals surface area contributed by atoms with Crippen LogP contribution >= 0.6 is 22.6 Å². The zero-order chi connectivity index (χ0) is 16.2. The fourth-order valence-corrected chi connectivity index (χ4v) is 3.88. The van der Waals surface area contributed by atoms with Gasteiger partial charge >= 0.3 is 0 Å². The van der Waals surface area contributed by atoms with Crippen LogP contribution in [0.3, 0.4) is 0 Å². The number of para-hydroxylation sites is 1. The minimum atomic E-state index is -3.27. The molecule has 0 radical (unpaired) electrons. The molecule has 1 aliphatic rings. The zero-order valence-electron chi connectivity index (χ0n) is 12.5. The Kier molecular flexibility index (Phi) is 5.69. The van der Waals surface area contributed by atoms with E-state index in [4.69, 9.17) is 5.26 Å². The molecule has 7 heteroatoms. The molecule has 1 heterocycles. The molecule has 1 saturated heterocycles. The van der Waals surface area contributed by atoms with Crippen LogP contribution in [-0.2, 0) is 16.6 Å². The largest absolute Gasteiger partial charge is 0.299 e. The van der Waals surface area contributed by atoms with E-state index in [1.807, 2.05) is 18.2 Å². The number of sulfonamides is 1. The summed E-state index contributed by atoms with van der Waals surface area (Å²) in [5, 5.41) is 8.90. The fraction of sp³-hybridized carbons (Fsp3) is 0.533. The number of nitriles is 1. The molecule has 0 atom stereocenters. The van der Waals surface area contributed by atoms with Crippen molar-refractivity contribution in [3.05, 3.63) is 29.8 Å². The molecule has 0 bridgehead atoms. The third-order valence-corrected chi connectivity index (χ3v) is 5.91. The first kappa shape index (κ1) is 17.5. The average molecular weight is 433 g/mol. The molecule has 22 heavy (non-hydrogen) atoms. The first-order chi connectivity index (χ1) is 10.3. The van der Waals surface area contributed by atoms with Gasteiger partial charge in [-0.05, 0) is 37.6 Å². The van der Waals surface area contributed by atoms with E-state index in [1.165, 1.54) is 0 Å². The molecule has 0 aliphatic carbocycles. The van der Waals surface area contributed by atoms with Gasteiger partial charge in [0, 0.05) is 16.4 Å². The number of nitrogens with zero attached hydrogens (tertiary/aromatic N) is 2. The van der Waals surface area contributed by atoms with Gasteiger partial charge in [0.15, 0.2) is 0 Å². The Morgan fingerprint density at radius 2 is 2.00 bits per heavy atom. The Balaban J connectivity index is 2.03. The summed E-state index contributed by atoms with van der Waals surface area (Å²) >= 11 is 2.41. The van der Waals surface area contributed by atoms with Gasteiger partial charge in [0.05, 0.1) is 18.0 Å². The summed E-state index contributed by atoms with van der Waals surface area (Å²) < 4.78 is 25.6. The summed E-state index contributed by atoms with van der Waals surface area (Å²) in [4.78, 5) is 2.32. The van der Waals surface area contributed by atoms with Gasteiger partial charge in [-0.3, -0.25) is 9.62 Å². The second-order valence-electron chi connectivity index (χ2n) is 5.79. The summed E-state index contributed by atoms with van der Waals surface area (Å²) in [6, 6.07) is 9.77. The van der Waals surface area contributed by atoms with Crippen molar-refractivity contribution in [1.29, 1.82) is 5.26 Å². The maximum Gasteiger partial charge on any atom is 0.229 e. The minimum absolute atomic E-state index is 0.0908. The van der Waals surface area contributed by atoms with Crippen LogP contribution in [0.15, 0.2) is 24.3 Å². The van der Waals surface area contributed by atoms with E-state index in [-0.39, 0.29) is 3.42 Å². The van der Waals surface area contributed by atoms with Gasteiger partial charge in [0.2, 0.25) is 10.0 Å². The smallest absolute Gasteiger partial charge is 0.229 e. The number of hydrogen-bond donors (Lipinski definition) is 1. The molecular formula is C15H20IN3O2S. The van der Waals surface area contributed by atoms with Gasteiger partial charge < -0.3 is 0 Å². The standard InChI is InChI=1S/C15H20IN3O2S/c1-22(20,21)18-14-5-3-2-4-13(14)12-19-10-7-15(16,6-9-17)8-11-19/h2-5,18H,6-8,10-12H2,1H3. The Bertz CT molecular complexity index is 662. The quantitative estimate of drug-likeness (QED) is 0.573. The number of benzene rings is 1. The van der Waals surface area contributed by atoms with Crippen molar-refractivity contribution in [3.63, 3.8) is 0 Å². The molecule has 120 valence electrons. The molecule has 0 spiro atoms. The van der Waals surface area contributed by atoms with Crippen LogP contribution in [0.2, 0.25) is 0 Å². The van der Waals surface area contributed by atoms with E-state index in [1.54, 1.807) is 6.07 Å². The second kappa shape index (κ2) is 7.15. The third-order valence-electron chi connectivity index (χ3n) is 3.85. The van der Waals surface area contributed by atoms with Crippen LogP contribution in [0.5, 0.6) is 0 Å². The van der Waals surface area contributed by atoms with Crippen LogP contribution in [0.25, 0.3) is 0 Å². The lowest BCUT2D eigenvalue weighted by molar-refractivity contribution is 0.200. The van der Waals surface area contributed by atoms with Crippen LogP contribution in [0, 0.1) is 11.3 Å². The van der Waals surface area contributed by atoms with Crippen molar-refractivity contribution in [1.82, 2.24) is 4.90 Å². The van der Waals surface area contributed by atoms with Gasteiger partial charge in [-0.2, -0.15) is 5.26 Å². The van der Waals surface area contributed by atoms with E-state index in [2.05, 4.69) is 38.3 Å². The molecule has 0 saturated carbocycles.